The van der Waals surface area contributed by atoms with Gasteiger partial charge in [0.05, 0.1) is 43.7 Å². The fourth-order valence-electron chi connectivity index (χ4n) is 4.85. The van der Waals surface area contributed by atoms with E-state index in [9.17, 15) is 19.8 Å². The Kier molecular flexibility index (Phi) is 24.7. The van der Waals surface area contributed by atoms with Gasteiger partial charge in [0.2, 0.25) is 17.9 Å². The minimum atomic E-state index is -1.24. The van der Waals surface area contributed by atoms with Gasteiger partial charge in [0.1, 0.15) is 40.2 Å². The molecule has 6 rings (SSSR count). The molecule has 2 N–H and O–H groups in total. The van der Waals surface area contributed by atoms with Crippen LogP contribution in [0.5, 0.6) is 11.5 Å². The molecule has 0 amide bonds. The fourth-order valence-corrected chi connectivity index (χ4v) is 5.93. The number of carbonyl (C=O) groups is 2. The number of carboxylic acid groups (broad SMARTS) is 1. The fraction of sp³-hybridized carbons (Fsp3) is 0.304. The number of benzene rings is 4. The van der Waals surface area contributed by atoms with E-state index in [2.05, 4.69) is 30.6 Å². The molecule has 0 aliphatic carbocycles. The molecular weight excluding hydrogens is 962 g/mol. The molecule has 0 aliphatic rings. The quantitative estimate of drug-likeness (QED) is 0.0785. The zero-order valence-corrected chi connectivity index (χ0v) is 37.5. The number of aromatic nitrogens is 2. The zero-order valence-electron chi connectivity index (χ0n) is 32.9. The van der Waals surface area contributed by atoms with Crippen LogP contribution in [0.1, 0.15) is 83.4 Å². The second-order valence-corrected chi connectivity index (χ2v) is 15.8. The summed E-state index contributed by atoms with van der Waals surface area (Å²) in [7, 11) is 1.35. The van der Waals surface area contributed by atoms with Crippen LogP contribution >= 0.6 is 62.3 Å². The normalized spacial score (nSPS) is 11.3. The number of phenols is 1. The number of rotatable bonds is 14. The third kappa shape index (κ3) is 17.8. The third-order valence-electron chi connectivity index (χ3n) is 7.81. The number of carboxylic acids is 1. The van der Waals surface area contributed by atoms with Crippen molar-refractivity contribution in [3.63, 3.8) is 0 Å². The van der Waals surface area contributed by atoms with Crippen LogP contribution < -0.4 is 4.74 Å². The zero-order chi connectivity index (χ0) is 43.9. The predicted molar refractivity (Wildman–Crippen MR) is 253 cm³/mol. The Labute approximate surface area is 397 Å². The Hall–Kier alpha value is -4.60. The lowest BCUT2D eigenvalue weighted by Gasteiger charge is -2.17. The number of nitrogens with zero attached hydrogens (tertiary/aromatic N) is 2. The molecule has 6 aromatic rings. The molecule has 2 unspecified atom stereocenters. The molecule has 2 aromatic heterocycles. The summed E-state index contributed by atoms with van der Waals surface area (Å²) in [6.45, 7) is 8.41. The number of ether oxygens (including phenoxy) is 4. The molecule has 17 heteroatoms. The Morgan fingerprint density at radius 1 is 0.667 bits per heavy atom. The number of carbonyl (C=O) groups excluding carboxylic acids is 1. The van der Waals surface area contributed by atoms with Gasteiger partial charge in [0.25, 0.3) is 0 Å². The summed E-state index contributed by atoms with van der Waals surface area (Å²) in [5, 5.41) is 21.5. The van der Waals surface area contributed by atoms with E-state index in [1.807, 2.05) is 27.7 Å². The second-order valence-electron chi connectivity index (χ2n) is 13.1. The topological polar surface area (TPSA) is 164 Å². The number of esters is 1. The van der Waals surface area contributed by atoms with Crippen molar-refractivity contribution < 1.29 is 47.6 Å². The average molecular weight is 1020 g/mol. The Bertz CT molecular complexity index is 2300. The maximum absolute atomic E-state index is 11.8. The molecule has 0 aliphatic heterocycles. The van der Waals surface area contributed by atoms with Gasteiger partial charge in [-0.3, -0.25) is 4.79 Å². The Morgan fingerprint density at radius 2 is 1.10 bits per heavy atom. The highest BCUT2D eigenvalue weighted by Gasteiger charge is 2.25. The lowest BCUT2D eigenvalue weighted by atomic mass is 10.1. The molecule has 342 valence electrons. The SMILES string of the molecule is C.C.C.CC(C)OCc1coc(-c2cc(Cl)ccc2O)n1.CC(C)OCc1coc(-c2cc(Cl)ccc2OC(C(=O)O)c2ccc(Cl)cc2)n1.COC(=O)C(Br)c1ccc(Cl)cc1. The minimum absolute atomic E-state index is 0. The number of oxazole rings is 2. The molecule has 0 saturated carbocycles. The Morgan fingerprint density at radius 3 is 1.56 bits per heavy atom. The highest BCUT2D eigenvalue weighted by Crippen LogP contribution is 2.36. The molecule has 12 nitrogen and oxygen atoms in total. The number of hydrogen-bond acceptors (Lipinski definition) is 11. The molecular formula is C46H53BrCl4N2O10. The average Bonchev–Trinajstić information content (AvgIpc) is 3.91. The van der Waals surface area contributed by atoms with Crippen molar-refractivity contribution in [2.45, 2.75) is 86.3 Å². The highest BCUT2D eigenvalue weighted by atomic mass is 79.9. The van der Waals surface area contributed by atoms with Crippen LogP contribution in [0.3, 0.4) is 0 Å². The predicted octanol–water partition coefficient (Wildman–Crippen LogP) is 14.3. The van der Waals surface area contributed by atoms with Gasteiger partial charge in [0.15, 0.2) is 0 Å². The van der Waals surface area contributed by atoms with E-state index in [1.54, 1.807) is 78.9 Å². The maximum Gasteiger partial charge on any atom is 0.349 e. The van der Waals surface area contributed by atoms with Crippen LogP contribution in [0, 0.1) is 0 Å². The molecule has 0 radical (unpaired) electrons. The molecule has 63 heavy (non-hydrogen) atoms. The first kappa shape index (κ1) is 56.4. The van der Waals surface area contributed by atoms with E-state index >= 15 is 0 Å². The number of phenolic OH excluding ortho intramolecular Hbond substituents is 1. The largest absolute Gasteiger partial charge is 0.507 e. The van der Waals surface area contributed by atoms with Gasteiger partial charge < -0.3 is 38.0 Å². The lowest BCUT2D eigenvalue weighted by molar-refractivity contribution is -0.145. The summed E-state index contributed by atoms with van der Waals surface area (Å²) < 4.78 is 32.2. The summed E-state index contributed by atoms with van der Waals surface area (Å²) in [6, 6.07) is 22.9. The van der Waals surface area contributed by atoms with E-state index in [-0.39, 0.29) is 57.8 Å². The molecule has 0 fully saturated rings. The van der Waals surface area contributed by atoms with Crippen molar-refractivity contribution in [3.05, 3.63) is 140 Å². The standard InChI is InChI=1S/C21H19Cl2NO5.C13H14ClNO3.C9H8BrClO2.3CH4/c1-12(2)27-10-16-11-28-20(24-16)17-9-15(23)7-8-18(17)29-19(21(25)26)13-3-5-14(22)6-4-13;1-8(2)17-6-10-7-18-13(15-10)11-5-9(14)3-4-12(11)16;1-13-9(12)8(10)6-2-4-7(11)5-3-6;;;/h3-9,11-12,19H,10H2,1-2H3,(H,25,26);3-5,7-8,16H,6H2,1-2H3;2-5,8H,1H3;3*1H4. The summed E-state index contributed by atoms with van der Waals surface area (Å²) in [5.74, 6) is -0.524. The highest BCUT2D eigenvalue weighted by molar-refractivity contribution is 9.09. The van der Waals surface area contributed by atoms with Gasteiger partial charge in [-0.2, -0.15) is 0 Å². The molecule has 2 heterocycles. The van der Waals surface area contributed by atoms with Gasteiger partial charge in [-0.25, -0.2) is 14.8 Å². The van der Waals surface area contributed by atoms with Crippen LogP contribution in [0.25, 0.3) is 22.9 Å². The summed E-state index contributed by atoms with van der Waals surface area (Å²) in [6.07, 6.45) is 1.93. The number of methoxy groups -OCH3 is 1. The van der Waals surface area contributed by atoms with Gasteiger partial charge in [-0.1, -0.05) is 109 Å². The monoisotopic (exact) mass is 1010 g/mol. The molecule has 2 atom stereocenters. The lowest BCUT2D eigenvalue weighted by Crippen LogP contribution is -2.18. The van der Waals surface area contributed by atoms with Gasteiger partial charge in [-0.05, 0) is 93.9 Å². The molecule has 0 bridgehead atoms. The summed E-state index contributed by atoms with van der Waals surface area (Å²) in [5.41, 5.74) is 3.47. The van der Waals surface area contributed by atoms with Crippen LogP contribution in [0.15, 0.2) is 106 Å². The van der Waals surface area contributed by atoms with Crippen LogP contribution in [0.2, 0.25) is 20.1 Å². The smallest absolute Gasteiger partial charge is 0.349 e. The van der Waals surface area contributed by atoms with E-state index in [1.165, 1.54) is 25.7 Å². The van der Waals surface area contributed by atoms with E-state index in [4.69, 9.17) is 69.4 Å². The summed E-state index contributed by atoms with van der Waals surface area (Å²) in [4.78, 5) is 31.1. The minimum Gasteiger partial charge on any atom is -0.507 e. The first-order valence-electron chi connectivity index (χ1n) is 18.1. The first-order chi connectivity index (χ1) is 28.5. The van der Waals surface area contributed by atoms with Crippen molar-refractivity contribution in [2.24, 2.45) is 0 Å². The number of hydrogen-bond donors (Lipinski definition) is 2. The summed E-state index contributed by atoms with van der Waals surface area (Å²) >= 11 is 26.8. The number of aromatic hydroxyl groups is 1. The molecule has 0 spiro atoms. The number of halogens is 5. The van der Waals surface area contributed by atoms with Gasteiger partial charge in [-0.15, -0.1) is 0 Å². The third-order valence-corrected chi connectivity index (χ3v) is 9.68. The van der Waals surface area contributed by atoms with Crippen molar-refractivity contribution in [1.82, 2.24) is 9.97 Å². The molecule has 0 saturated heterocycles. The number of aliphatic carboxylic acids is 1. The van der Waals surface area contributed by atoms with Gasteiger partial charge in [0, 0.05) is 25.7 Å². The van der Waals surface area contributed by atoms with E-state index in [0.29, 0.717) is 67.3 Å². The van der Waals surface area contributed by atoms with Crippen molar-refractivity contribution in [3.8, 4) is 34.4 Å². The van der Waals surface area contributed by atoms with Crippen molar-refractivity contribution >= 4 is 74.3 Å². The van der Waals surface area contributed by atoms with Crippen molar-refractivity contribution in [2.75, 3.05) is 7.11 Å². The maximum atomic E-state index is 11.8. The van der Waals surface area contributed by atoms with Crippen molar-refractivity contribution in [1.29, 1.82) is 0 Å². The molecule has 4 aromatic carbocycles. The van der Waals surface area contributed by atoms with Crippen LogP contribution in [-0.4, -0.2) is 51.4 Å². The second kappa shape index (κ2) is 27.6. The van der Waals surface area contributed by atoms with E-state index < -0.39 is 16.9 Å². The van der Waals surface area contributed by atoms with Crippen LogP contribution in [-0.2, 0) is 37.0 Å². The van der Waals surface area contributed by atoms with E-state index in [0.717, 1.165) is 5.56 Å². The van der Waals surface area contributed by atoms with Crippen LogP contribution in [0.4, 0.5) is 0 Å². The number of alkyl halides is 1. The first-order valence-corrected chi connectivity index (χ1v) is 20.5. The Balaban J connectivity index is 0.000000502. The van der Waals surface area contributed by atoms with Gasteiger partial charge >= 0.3 is 11.9 Å².